The van der Waals surface area contributed by atoms with E-state index in [1.54, 1.807) is 42.5 Å². The first-order valence-electron chi connectivity index (χ1n) is 9.16. The minimum absolute atomic E-state index is 0.0138. The van der Waals surface area contributed by atoms with Gasteiger partial charge in [-0.2, -0.15) is 10.4 Å². The van der Waals surface area contributed by atoms with Gasteiger partial charge in [-0.1, -0.05) is 53.5 Å². The Bertz CT molecular complexity index is 1290. The number of carbonyl (C=O) groups is 1. The Hall–Kier alpha value is -3.38. The lowest BCUT2D eigenvalue weighted by molar-refractivity contribution is -0.119. The number of hydrogen-bond acceptors (Lipinski definition) is 5. The number of rotatable bonds is 7. The van der Waals surface area contributed by atoms with Gasteiger partial charge in [0.1, 0.15) is 6.54 Å². The summed E-state index contributed by atoms with van der Waals surface area (Å²) in [4.78, 5) is 12.5. The van der Waals surface area contributed by atoms with E-state index in [1.165, 1.54) is 36.5 Å². The summed E-state index contributed by atoms with van der Waals surface area (Å²) in [5.41, 5.74) is 3.64. The average Bonchev–Trinajstić information content (AvgIpc) is 2.80. The highest BCUT2D eigenvalue weighted by molar-refractivity contribution is 7.92. The Kier molecular flexibility index (Phi) is 7.49. The van der Waals surface area contributed by atoms with Gasteiger partial charge in [-0.25, -0.2) is 13.8 Å². The third-order valence-corrected chi connectivity index (χ3v) is 6.78. The van der Waals surface area contributed by atoms with E-state index in [-0.39, 0.29) is 20.6 Å². The predicted molar refractivity (Wildman–Crippen MR) is 124 cm³/mol. The molecule has 0 aliphatic rings. The first-order valence-corrected chi connectivity index (χ1v) is 11.4. The van der Waals surface area contributed by atoms with Crippen molar-refractivity contribution in [3.63, 3.8) is 0 Å². The molecule has 32 heavy (non-hydrogen) atoms. The maximum atomic E-state index is 13.2. The number of nitrogens with one attached hydrogen (secondary N) is 1. The molecule has 0 radical (unpaired) electrons. The van der Waals surface area contributed by atoms with E-state index in [4.69, 9.17) is 28.5 Å². The summed E-state index contributed by atoms with van der Waals surface area (Å²) in [7, 11) is -4.08. The van der Waals surface area contributed by atoms with Crippen LogP contribution in [0.25, 0.3) is 0 Å². The molecule has 1 N–H and O–H groups in total. The van der Waals surface area contributed by atoms with Crippen molar-refractivity contribution in [3.8, 4) is 6.07 Å². The standard InChI is InChI=1S/C22H16Cl2N4O3S/c23-20-11-10-18(12-21(20)24)28(32(30,31)19-4-2-1-3-5-19)15-22(29)27-26-14-17-8-6-16(13-25)7-9-17/h1-12,14H,15H2,(H,27,29)/b26-14+. The summed E-state index contributed by atoms with van der Waals surface area (Å²) < 4.78 is 27.4. The minimum Gasteiger partial charge on any atom is -0.271 e. The van der Waals surface area contributed by atoms with Crippen LogP contribution in [-0.4, -0.2) is 27.1 Å². The molecule has 0 atom stereocenters. The highest BCUT2D eigenvalue weighted by Crippen LogP contribution is 2.30. The van der Waals surface area contributed by atoms with Gasteiger partial charge in [-0.3, -0.25) is 9.10 Å². The Morgan fingerprint density at radius 2 is 1.72 bits per heavy atom. The van der Waals surface area contributed by atoms with Crippen LogP contribution in [0.2, 0.25) is 10.0 Å². The number of benzene rings is 3. The van der Waals surface area contributed by atoms with E-state index in [9.17, 15) is 13.2 Å². The van der Waals surface area contributed by atoms with Crippen LogP contribution in [0.3, 0.4) is 0 Å². The van der Waals surface area contributed by atoms with E-state index >= 15 is 0 Å². The lowest BCUT2D eigenvalue weighted by atomic mass is 10.2. The lowest BCUT2D eigenvalue weighted by Gasteiger charge is -2.24. The van der Waals surface area contributed by atoms with E-state index in [1.807, 2.05) is 6.07 Å². The maximum Gasteiger partial charge on any atom is 0.264 e. The second kappa shape index (κ2) is 10.3. The summed E-state index contributed by atoms with van der Waals surface area (Å²) in [5, 5.41) is 13.1. The van der Waals surface area contributed by atoms with Crippen molar-refractivity contribution in [2.75, 3.05) is 10.8 Å². The molecule has 7 nitrogen and oxygen atoms in total. The number of halogens is 2. The van der Waals surface area contributed by atoms with E-state index in [2.05, 4.69) is 10.5 Å². The van der Waals surface area contributed by atoms with E-state index < -0.39 is 22.5 Å². The second-order valence-electron chi connectivity index (χ2n) is 6.45. The number of anilines is 1. The quantitative estimate of drug-likeness (QED) is 0.398. The molecule has 0 aliphatic carbocycles. The van der Waals surface area contributed by atoms with Crippen LogP contribution < -0.4 is 9.73 Å². The molecular formula is C22H16Cl2N4O3S. The van der Waals surface area contributed by atoms with Crippen LogP contribution in [0.5, 0.6) is 0 Å². The fourth-order valence-electron chi connectivity index (χ4n) is 2.66. The zero-order valence-corrected chi connectivity index (χ0v) is 18.8. The first kappa shape index (κ1) is 23.3. The normalized spacial score (nSPS) is 11.2. The minimum atomic E-state index is -4.08. The first-order chi connectivity index (χ1) is 15.3. The molecule has 3 aromatic carbocycles. The fraction of sp³-hybridized carbons (Fsp3) is 0.0455. The Morgan fingerprint density at radius 3 is 2.34 bits per heavy atom. The van der Waals surface area contributed by atoms with Gasteiger partial charge in [-0.05, 0) is 48.0 Å². The maximum absolute atomic E-state index is 13.2. The molecule has 162 valence electrons. The molecule has 0 aliphatic heterocycles. The van der Waals surface area contributed by atoms with Gasteiger partial charge >= 0.3 is 0 Å². The van der Waals surface area contributed by atoms with Crippen molar-refractivity contribution in [1.82, 2.24) is 5.43 Å². The van der Waals surface area contributed by atoms with Crippen molar-refractivity contribution >= 4 is 51.0 Å². The molecule has 0 spiro atoms. The van der Waals surface area contributed by atoms with Crippen LogP contribution >= 0.6 is 23.2 Å². The Balaban J connectivity index is 1.83. The number of nitriles is 1. The lowest BCUT2D eigenvalue weighted by Crippen LogP contribution is -2.39. The van der Waals surface area contributed by atoms with Gasteiger partial charge in [0, 0.05) is 0 Å². The molecule has 0 bridgehead atoms. The summed E-state index contributed by atoms with van der Waals surface area (Å²) in [6, 6.07) is 20.6. The van der Waals surface area contributed by atoms with Crippen LogP contribution in [-0.2, 0) is 14.8 Å². The molecular weight excluding hydrogens is 471 g/mol. The molecule has 3 rings (SSSR count). The molecule has 0 unspecified atom stereocenters. The smallest absolute Gasteiger partial charge is 0.264 e. The molecule has 10 heteroatoms. The van der Waals surface area contributed by atoms with Crippen LogP contribution in [0.4, 0.5) is 5.69 Å². The summed E-state index contributed by atoms with van der Waals surface area (Å²) in [6.07, 6.45) is 1.38. The predicted octanol–water partition coefficient (Wildman–Crippen LogP) is 4.21. The molecule has 1 amide bonds. The van der Waals surface area contributed by atoms with Gasteiger partial charge in [0.25, 0.3) is 15.9 Å². The van der Waals surface area contributed by atoms with Crippen LogP contribution in [0, 0.1) is 11.3 Å². The summed E-state index contributed by atoms with van der Waals surface area (Å²) >= 11 is 12.0. The third-order valence-electron chi connectivity index (χ3n) is 4.25. The van der Waals surface area contributed by atoms with Crippen molar-refractivity contribution < 1.29 is 13.2 Å². The van der Waals surface area contributed by atoms with Gasteiger partial charge in [0.05, 0.1) is 38.5 Å². The van der Waals surface area contributed by atoms with Crippen LogP contribution in [0.15, 0.2) is 82.8 Å². The number of nitrogens with zero attached hydrogens (tertiary/aromatic N) is 3. The molecule has 0 heterocycles. The van der Waals surface area contributed by atoms with Crippen molar-refractivity contribution in [2.24, 2.45) is 5.10 Å². The third kappa shape index (κ3) is 5.65. The largest absolute Gasteiger partial charge is 0.271 e. The highest BCUT2D eigenvalue weighted by Gasteiger charge is 2.27. The Labute approximate surface area is 195 Å². The van der Waals surface area contributed by atoms with Gasteiger partial charge in [0.15, 0.2) is 0 Å². The van der Waals surface area contributed by atoms with Gasteiger partial charge in [0.2, 0.25) is 0 Å². The van der Waals surface area contributed by atoms with E-state index in [0.29, 0.717) is 11.1 Å². The van der Waals surface area contributed by atoms with E-state index in [0.717, 1.165) is 4.31 Å². The van der Waals surface area contributed by atoms with Gasteiger partial charge < -0.3 is 0 Å². The van der Waals surface area contributed by atoms with Crippen molar-refractivity contribution in [2.45, 2.75) is 4.90 Å². The highest BCUT2D eigenvalue weighted by atomic mass is 35.5. The average molecular weight is 487 g/mol. The van der Waals surface area contributed by atoms with Gasteiger partial charge in [-0.15, -0.1) is 0 Å². The topological polar surface area (TPSA) is 103 Å². The number of carbonyl (C=O) groups excluding carboxylic acids is 1. The molecule has 0 saturated carbocycles. The zero-order valence-electron chi connectivity index (χ0n) is 16.4. The molecule has 0 saturated heterocycles. The number of sulfonamides is 1. The Morgan fingerprint density at radius 1 is 1.03 bits per heavy atom. The molecule has 0 fully saturated rings. The molecule has 3 aromatic rings. The summed E-state index contributed by atoms with van der Waals surface area (Å²) in [5.74, 6) is -0.666. The molecule has 0 aromatic heterocycles. The second-order valence-corrected chi connectivity index (χ2v) is 9.13. The SMILES string of the molecule is N#Cc1ccc(/C=N/NC(=O)CN(c2ccc(Cl)c(Cl)c2)S(=O)(=O)c2ccccc2)cc1. The zero-order chi connectivity index (χ0) is 23.1. The monoisotopic (exact) mass is 486 g/mol. The summed E-state index contributed by atoms with van der Waals surface area (Å²) in [6.45, 7) is -0.542. The fourth-order valence-corrected chi connectivity index (χ4v) is 4.39. The van der Waals surface area contributed by atoms with Crippen molar-refractivity contribution in [3.05, 3.63) is 94.0 Å². The number of hydrogen-bond donors (Lipinski definition) is 1. The van der Waals surface area contributed by atoms with Crippen LogP contribution in [0.1, 0.15) is 11.1 Å². The van der Waals surface area contributed by atoms with Crippen molar-refractivity contribution in [1.29, 1.82) is 5.26 Å². The number of amides is 1. The number of hydrazone groups is 1.